The van der Waals surface area contributed by atoms with E-state index in [4.69, 9.17) is 5.26 Å². The molecular formula is C17H16N2OS. The monoisotopic (exact) mass is 296 g/mol. The molecule has 2 aromatic carbocycles. The van der Waals surface area contributed by atoms with Gasteiger partial charge in [-0.25, -0.2) is 0 Å². The lowest BCUT2D eigenvalue weighted by Gasteiger charge is -2.12. The van der Waals surface area contributed by atoms with Crippen molar-refractivity contribution in [3.8, 4) is 6.07 Å². The van der Waals surface area contributed by atoms with Gasteiger partial charge in [0.1, 0.15) is 0 Å². The number of anilines is 1. The average molecular weight is 296 g/mol. The summed E-state index contributed by atoms with van der Waals surface area (Å²) in [7, 11) is 0. The third kappa shape index (κ3) is 4.66. The molecule has 2 rings (SSSR count). The second-order valence-electron chi connectivity index (χ2n) is 4.73. The summed E-state index contributed by atoms with van der Waals surface area (Å²) in [5.41, 5.74) is 2.73. The maximum absolute atomic E-state index is 12.1. The summed E-state index contributed by atoms with van der Waals surface area (Å²) in [4.78, 5) is 12.1. The molecule has 0 bridgehead atoms. The van der Waals surface area contributed by atoms with Gasteiger partial charge in [-0.1, -0.05) is 42.5 Å². The summed E-state index contributed by atoms with van der Waals surface area (Å²) in [6.45, 7) is 0. The highest BCUT2D eigenvalue weighted by Crippen LogP contribution is 2.13. The molecule has 0 heterocycles. The summed E-state index contributed by atoms with van der Waals surface area (Å²) in [5.74, 6) is -0.129. The van der Waals surface area contributed by atoms with Crippen LogP contribution in [0.1, 0.15) is 11.1 Å². The summed E-state index contributed by atoms with van der Waals surface area (Å²) >= 11 is 4.37. The Bertz CT molecular complexity index is 632. The van der Waals surface area contributed by atoms with Crippen LogP contribution in [0.25, 0.3) is 0 Å². The maximum atomic E-state index is 12.1. The van der Waals surface area contributed by atoms with Crippen molar-refractivity contribution in [2.45, 2.75) is 18.1 Å². The van der Waals surface area contributed by atoms with Gasteiger partial charge in [0.2, 0.25) is 5.91 Å². The standard InChI is InChI=1S/C17H16N2OS/c18-11-10-13-6-8-15(9-7-13)19-17(20)16(21)12-14-4-2-1-3-5-14/h1-9,16,21H,10,12H2,(H,19,20). The average Bonchev–Trinajstić information content (AvgIpc) is 2.50. The van der Waals surface area contributed by atoms with Crippen LogP contribution >= 0.6 is 12.6 Å². The summed E-state index contributed by atoms with van der Waals surface area (Å²) < 4.78 is 0. The Morgan fingerprint density at radius 1 is 1.10 bits per heavy atom. The number of nitrogens with one attached hydrogen (secondary N) is 1. The first-order chi connectivity index (χ1) is 10.2. The SMILES string of the molecule is N#CCc1ccc(NC(=O)C(S)Cc2ccccc2)cc1. The fraction of sp³-hybridized carbons (Fsp3) is 0.176. The molecule has 0 fully saturated rings. The van der Waals surface area contributed by atoms with Crippen molar-refractivity contribution in [1.29, 1.82) is 5.26 Å². The zero-order chi connectivity index (χ0) is 15.1. The van der Waals surface area contributed by atoms with E-state index in [0.29, 0.717) is 18.5 Å². The number of carbonyl (C=O) groups excluding carboxylic acids is 1. The predicted octanol–water partition coefficient (Wildman–Crippen LogP) is 3.23. The first kappa shape index (κ1) is 15.1. The van der Waals surface area contributed by atoms with Crippen molar-refractivity contribution >= 4 is 24.2 Å². The van der Waals surface area contributed by atoms with Crippen molar-refractivity contribution < 1.29 is 4.79 Å². The van der Waals surface area contributed by atoms with Crippen LogP contribution in [0.15, 0.2) is 54.6 Å². The second kappa shape index (κ2) is 7.51. The third-order valence-electron chi connectivity index (χ3n) is 3.08. The third-order valence-corrected chi connectivity index (χ3v) is 3.50. The van der Waals surface area contributed by atoms with Crippen molar-refractivity contribution in [2.75, 3.05) is 5.32 Å². The Labute approximate surface area is 130 Å². The van der Waals surface area contributed by atoms with Crippen LogP contribution in [0.2, 0.25) is 0 Å². The van der Waals surface area contributed by atoms with Crippen molar-refractivity contribution in [3.05, 3.63) is 65.7 Å². The van der Waals surface area contributed by atoms with Crippen molar-refractivity contribution in [3.63, 3.8) is 0 Å². The smallest absolute Gasteiger partial charge is 0.237 e. The summed E-state index contributed by atoms with van der Waals surface area (Å²) in [5, 5.41) is 11.1. The molecule has 1 amide bonds. The topological polar surface area (TPSA) is 52.9 Å². The van der Waals surface area contributed by atoms with E-state index < -0.39 is 5.25 Å². The molecule has 1 atom stereocenters. The number of thiol groups is 1. The number of nitriles is 1. The molecule has 21 heavy (non-hydrogen) atoms. The molecule has 0 aliphatic heterocycles. The summed E-state index contributed by atoms with van der Waals surface area (Å²) in [6, 6.07) is 19.2. The minimum Gasteiger partial charge on any atom is -0.325 e. The molecule has 1 N–H and O–H groups in total. The van der Waals surface area contributed by atoms with Gasteiger partial charge in [0.05, 0.1) is 17.7 Å². The minimum atomic E-state index is -0.397. The zero-order valence-corrected chi connectivity index (χ0v) is 12.4. The highest BCUT2D eigenvalue weighted by molar-refractivity contribution is 7.81. The number of nitrogens with zero attached hydrogens (tertiary/aromatic N) is 1. The molecule has 0 radical (unpaired) electrons. The number of carbonyl (C=O) groups is 1. The lowest BCUT2D eigenvalue weighted by atomic mass is 10.1. The fourth-order valence-corrected chi connectivity index (χ4v) is 2.23. The molecule has 1 unspecified atom stereocenters. The van der Waals surface area contributed by atoms with Gasteiger partial charge in [-0.05, 0) is 29.7 Å². The van der Waals surface area contributed by atoms with Crippen LogP contribution < -0.4 is 5.32 Å². The molecule has 0 saturated heterocycles. The van der Waals surface area contributed by atoms with Gasteiger partial charge < -0.3 is 5.32 Å². The highest BCUT2D eigenvalue weighted by Gasteiger charge is 2.14. The number of benzene rings is 2. The van der Waals surface area contributed by atoms with Gasteiger partial charge >= 0.3 is 0 Å². The van der Waals surface area contributed by atoms with Crippen LogP contribution in [-0.4, -0.2) is 11.2 Å². The van der Waals surface area contributed by atoms with E-state index in [1.165, 1.54) is 0 Å². The number of amides is 1. The normalized spacial score (nSPS) is 11.4. The Hall–Kier alpha value is -2.25. The van der Waals surface area contributed by atoms with E-state index in [9.17, 15) is 4.79 Å². The predicted molar refractivity (Wildman–Crippen MR) is 87.3 cm³/mol. The van der Waals surface area contributed by atoms with Gasteiger partial charge in [0.25, 0.3) is 0 Å². The Kier molecular flexibility index (Phi) is 5.42. The van der Waals surface area contributed by atoms with Gasteiger partial charge in [-0.2, -0.15) is 17.9 Å². The van der Waals surface area contributed by atoms with Gasteiger partial charge in [-0.3, -0.25) is 4.79 Å². The molecule has 4 heteroatoms. The molecule has 0 aliphatic rings. The largest absolute Gasteiger partial charge is 0.325 e. The van der Waals surface area contributed by atoms with Crippen molar-refractivity contribution in [2.24, 2.45) is 0 Å². The molecule has 0 saturated carbocycles. The van der Waals surface area contributed by atoms with E-state index in [-0.39, 0.29) is 5.91 Å². The molecule has 0 spiro atoms. The molecule has 2 aromatic rings. The second-order valence-corrected chi connectivity index (χ2v) is 5.35. The molecule has 106 valence electrons. The highest BCUT2D eigenvalue weighted by atomic mass is 32.1. The van der Waals surface area contributed by atoms with Crippen LogP contribution in [0.3, 0.4) is 0 Å². The Balaban J connectivity index is 1.93. The Morgan fingerprint density at radius 3 is 2.38 bits per heavy atom. The number of rotatable bonds is 5. The first-order valence-electron chi connectivity index (χ1n) is 6.68. The summed E-state index contributed by atoms with van der Waals surface area (Å²) in [6.07, 6.45) is 0.958. The van der Waals surface area contributed by atoms with Gasteiger partial charge in [0.15, 0.2) is 0 Å². The zero-order valence-electron chi connectivity index (χ0n) is 11.5. The first-order valence-corrected chi connectivity index (χ1v) is 7.19. The quantitative estimate of drug-likeness (QED) is 0.832. The van der Waals surface area contributed by atoms with Crippen LogP contribution in [0.5, 0.6) is 0 Å². The fourth-order valence-electron chi connectivity index (χ4n) is 1.95. The van der Waals surface area contributed by atoms with E-state index in [1.54, 1.807) is 12.1 Å². The minimum absolute atomic E-state index is 0.129. The Morgan fingerprint density at radius 2 is 1.76 bits per heavy atom. The van der Waals surface area contributed by atoms with E-state index in [2.05, 4.69) is 24.0 Å². The van der Waals surface area contributed by atoms with E-state index >= 15 is 0 Å². The van der Waals surface area contributed by atoms with Gasteiger partial charge in [0, 0.05) is 5.69 Å². The van der Waals surface area contributed by atoms with Crippen LogP contribution in [0, 0.1) is 11.3 Å². The molecule has 0 aromatic heterocycles. The molecule has 3 nitrogen and oxygen atoms in total. The number of hydrogen-bond acceptors (Lipinski definition) is 3. The van der Waals surface area contributed by atoms with Crippen molar-refractivity contribution in [1.82, 2.24) is 0 Å². The maximum Gasteiger partial charge on any atom is 0.237 e. The van der Waals surface area contributed by atoms with Crippen LogP contribution in [0.4, 0.5) is 5.69 Å². The van der Waals surface area contributed by atoms with E-state index in [1.807, 2.05) is 42.5 Å². The van der Waals surface area contributed by atoms with E-state index in [0.717, 1.165) is 11.1 Å². The van der Waals surface area contributed by atoms with Crippen LogP contribution in [-0.2, 0) is 17.6 Å². The lowest BCUT2D eigenvalue weighted by Crippen LogP contribution is -2.25. The lowest BCUT2D eigenvalue weighted by molar-refractivity contribution is -0.115. The van der Waals surface area contributed by atoms with Gasteiger partial charge in [-0.15, -0.1) is 0 Å². The molecule has 0 aliphatic carbocycles. The number of hydrogen-bond donors (Lipinski definition) is 2. The molecular weight excluding hydrogens is 280 g/mol.